The fourth-order valence-corrected chi connectivity index (χ4v) is 3.26. The molecule has 0 fully saturated rings. The zero-order chi connectivity index (χ0) is 17.0. The molecule has 0 heterocycles. The molecule has 0 saturated heterocycles. The largest absolute Gasteiger partial charge is 0.480 e. The van der Waals surface area contributed by atoms with Crippen molar-refractivity contribution < 1.29 is 14.6 Å². The van der Waals surface area contributed by atoms with Crippen LogP contribution in [0.2, 0.25) is 10.0 Å². The molecule has 2 unspecified atom stereocenters. The first kappa shape index (κ1) is 17.8. The van der Waals surface area contributed by atoms with Crippen molar-refractivity contribution in [3.63, 3.8) is 0 Å². The molecule has 1 aromatic rings. The summed E-state index contributed by atoms with van der Waals surface area (Å²) >= 11 is 12.6. The maximum Gasteiger partial charge on any atom is 0.341 e. The lowest BCUT2D eigenvalue weighted by molar-refractivity contribution is -0.139. The van der Waals surface area contributed by atoms with Gasteiger partial charge in [0.2, 0.25) is 0 Å². The number of hydrogen-bond donors (Lipinski definition) is 1. The van der Waals surface area contributed by atoms with E-state index in [4.69, 9.17) is 33.0 Å². The van der Waals surface area contributed by atoms with E-state index in [0.717, 1.165) is 30.4 Å². The quantitative estimate of drug-likeness (QED) is 0.742. The Bertz CT molecular complexity index is 645. The minimum atomic E-state index is -1.10. The van der Waals surface area contributed by atoms with Crippen LogP contribution < -0.4 is 4.74 Å². The molecule has 0 spiro atoms. The third-order valence-corrected chi connectivity index (χ3v) is 4.82. The number of halogens is 2. The predicted octanol–water partition coefficient (Wildman–Crippen LogP) is 4.80. The lowest BCUT2D eigenvalue weighted by atomic mass is 9.80. The fraction of sp³-hybridized carbons (Fsp3) is 0.438. The van der Waals surface area contributed by atoms with Crippen molar-refractivity contribution in [3.8, 4) is 5.75 Å². The van der Waals surface area contributed by atoms with Crippen LogP contribution in [0.5, 0.6) is 5.75 Å². The van der Waals surface area contributed by atoms with Gasteiger partial charge < -0.3 is 9.84 Å². The maximum atomic E-state index is 10.9. The van der Waals surface area contributed by atoms with Gasteiger partial charge in [0.05, 0.1) is 5.02 Å². The van der Waals surface area contributed by atoms with E-state index in [2.05, 4.69) is 12.1 Å². The van der Waals surface area contributed by atoms with Crippen LogP contribution in [0.1, 0.15) is 31.7 Å². The molecule has 0 radical (unpaired) electrons. The van der Waals surface area contributed by atoms with Gasteiger partial charge in [0.1, 0.15) is 16.8 Å². The minimum Gasteiger partial charge on any atom is -0.480 e. The summed E-state index contributed by atoms with van der Waals surface area (Å²) in [5.74, 6) is -0.591. The van der Waals surface area contributed by atoms with E-state index in [1.165, 1.54) is 0 Å². The van der Waals surface area contributed by atoms with Gasteiger partial charge in [-0.2, -0.15) is 4.91 Å². The Hall–Kier alpha value is -1.59. The van der Waals surface area contributed by atoms with Crippen LogP contribution in [0.25, 0.3) is 5.57 Å². The van der Waals surface area contributed by atoms with Crippen LogP contribution in [0.4, 0.5) is 0 Å². The highest BCUT2D eigenvalue weighted by atomic mass is 35.5. The fourth-order valence-electron chi connectivity index (χ4n) is 2.78. The molecule has 1 N–H and O–H groups in total. The molecule has 2 rings (SSSR count). The van der Waals surface area contributed by atoms with Gasteiger partial charge in [-0.1, -0.05) is 41.4 Å². The van der Waals surface area contributed by atoms with E-state index in [1.54, 1.807) is 12.1 Å². The van der Waals surface area contributed by atoms with Crippen molar-refractivity contribution in [1.29, 1.82) is 0 Å². The van der Waals surface area contributed by atoms with Crippen LogP contribution in [-0.2, 0) is 4.79 Å². The number of aliphatic carboxylic acids is 1. The van der Waals surface area contributed by atoms with Gasteiger partial charge in [-0.3, -0.25) is 0 Å². The van der Waals surface area contributed by atoms with Gasteiger partial charge in [0, 0.05) is 0 Å². The van der Waals surface area contributed by atoms with Crippen LogP contribution in [0.3, 0.4) is 0 Å². The SMILES string of the molecule is CCC1CCC(N=O)C=C1c1ccc(OCC(=O)O)c(Cl)c1Cl. The molecule has 0 amide bonds. The number of carbonyl (C=O) groups is 1. The van der Waals surface area contributed by atoms with Crippen LogP contribution in [-0.4, -0.2) is 23.7 Å². The first-order chi connectivity index (χ1) is 11.0. The molecule has 0 saturated carbocycles. The molecule has 1 aliphatic rings. The third kappa shape index (κ3) is 4.03. The number of nitrogens with zero attached hydrogens (tertiary/aromatic N) is 1. The molecule has 23 heavy (non-hydrogen) atoms. The summed E-state index contributed by atoms with van der Waals surface area (Å²) in [5, 5.41) is 12.3. The normalized spacial score (nSPS) is 20.7. The van der Waals surface area contributed by atoms with Crippen molar-refractivity contribution in [2.45, 2.75) is 32.2 Å². The highest BCUT2D eigenvalue weighted by Crippen LogP contribution is 2.43. The summed E-state index contributed by atoms with van der Waals surface area (Å²) in [6.07, 6.45) is 4.36. The third-order valence-electron chi connectivity index (χ3n) is 3.96. The number of allylic oxidation sites excluding steroid dienone is 1. The lowest BCUT2D eigenvalue weighted by Gasteiger charge is -2.26. The van der Waals surface area contributed by atoms with E-state index < -0.39 is 12.6 Å². The monoisotopic (exact) mass is 357 g/mol. The Labute approximate surface area is 144 Å². The second-order valence-corrected chi connectivity index (χ2v) is 6.15. The minimum absolute atomic E-state index is 0.169. The second kappa shape index (κ2) is 7.79. The molecule has 0 aliphatic heterocycles. The molecular weight excluding hydrogens is 341 g/mol. The molecule has 0 aromatic heterocycles. The van der Waals surface area contributed by atoms with E-state index in [0.29, 0.717) is 5.02 Å². The van der Waals surface area contributed by atoms with Crippen LogP contribution in [0.15, 0.2) is 23.4 Å². The zero-order valence-electron chi connectivity index (χ0n) is 12.6. The molecule has 2 atom stereocenters. The number of hydrogen-bond acceptors (Lipinski definition) is 4. The van der Waals surface area contributed by atoms with Crippen molar-refractivity contribution in [2.24, 2.45) is 11.1 Å². The van der Waals surface area contributed by atoms with Crippen molar-refractivity contribution in [1.82, 2.24) is 0 Å². The van der Waals surface area contributed by atoms with Gasteiger partial charge in [-0.15, -0.1) is 0 Å². The average molecular weight is 358 g/mol. The molecule has 7 heteroatoms. The van der Waals surface area contributed by atoms with Gasteiger partial charge in [0.25, 0.3) is 0 Å². The number of benzene rings is 1. The predicted molar refractivity (Wildman–Crippen MR) is 90.2 cm³/mol. The first-order valence-corrected chi connectivity index (χ1v) is 8.10. The van der Waals surface area contributed by atoms with Crippen molar-refractivity contribution in [2.75, 3.05) is 6.61 Å². The summed E-state index contributed by atoms with van der Waals surface area (Å²) in [6.45, 7) is 1.58. The average Bonchev–Trinajstić information content (AvgIpc) is 2.55. The second-order valence-electron chi connectivity index (χ2n) is 5.40. The van der Waals surface area contributed by atoms with Gasteiger partial charge >= 0.3 is 5.97 Å². The number of ether oxygens (including phenoxy) is 1. The van der Waals surface area contributed by atoms with Gasteiger partial charge in [-0.05, 0) is 48.4 Å². The Morgan fingerprint density at radius 2 is 2.09 bits per heavy atom. The van der Waals surface area contributed by atoms with Crippen molar-refractivity contribution >= 4 is 34.7 Å². The molecule has 0 bridgehead atoms. The van der Waals surface area contributed by atoms with Gasteiger partial charge in [-0.25, -0.2) is 4.79 Å². The molecule has 1 aromatic carbocycles. The van der Waals surface area contributed by atoms with E-state index in [1.807, 2.05) is 6.08 Å². The number of nitroso groups, excluding NO2 is 1. The Kier molecular flexibility index (Phi) is 6.02. The highest BCUT2D eigenvalue weighted by molar-refractivity contribution is 6.44. The summed E-state index contributed by atoms with van der Waals surface area (Å²) in [7, 11) is 0. The lowest BCUT2D eigenvalue weighted by Crippen LogP contribution is -2.15. The molecule has 5 nitrogen and oxygen atoms in total. The Balaban J connectivity index is 2.38. The Morgan fingerprint density at radius 1 is 1.35 bits per heavy atom. The van der Waals surface area contributed by atoms with E-state index in [9.17, 15) is 9.70 Å². The highest BCUT2D eigenvalue weighted by Gasteiger charge is 2.26. The van der Waals surface area contributed by atoms with Crippen molar-refractivity contribution in [3.05, 3.63) is 38.7 Å². The summed E-state index contributed by atoms with van der Waals surface area (Å²) in [6, 6.07) is 2.98. The zero-order valence-corrected chi connectivity index (χ0v) is 14.1. The maximum absolute atomic E-state index is 10.9. The summed E-state index contributed by atoms with van der Waals surface area (Å²) < 4.78 is 5.11. The standard InChI is InChI=1S/C16H17Cl2NO4/c1-2-9-3-4-10(19-22)7-12(9)11-5-6-13(16(18)15(11)17)23-8-14(20)21/h5-7,9-10H,2-4,8H2,1H3,(H,20,21). The summed E-state index contributed by atoms with van der Waals surface area (Å²) in [5.41, 5.74) is 1.69. The number of carboxylic acids is 1. The van der Waals surface area contributed by atoms with Crippen LogP contribution >= 0.6 is 23.2 Å². The topological polar surface area (TPSA) is 76.0 Å². The Morgan fingerprint density at radius 3 is 2.70 bits per heavy atom. The van der Waals surface area contributed by atoms with E-state index >= 15 is 0 Å². The van der Waals surface area contributed by atoms with E-state index in [-0.39, 0.29) is 22.7 Å². The van der Waals surface area contributed by atoms with Crippen LogP contribution in [0, 0.1) is 10.8 Å². The van der Waals surface area contributed by atoms with Gasteiger partial charge in [0.15, 0.2) is 6.61 Å². The number of carboxylic acid groups (broad SMARTS) is 1. The number of rotatable bonds is 6. The molecular formula is C16H17Cl2NO4. The first-order valence-electron chi connectivity index (χ1n) is 7.35. The summed E-state index contributed by atoms with van der Waals surface area (Å²) in [4.78, 5) is 21.4. The smallest absolute Gasteiger partial charge is 0.341 e. The molecule has 1 aliphatic carbocycles. The molecule has 124 valence electrons.